The molecule has 0 aromatic heterocycles. The summed E-state index contributed by atoms with van der Waals surface area (Å²) in [7, 11) is 0. The Kier molecular flexibility index (Phi) is 5.63. The van der Waals surface area contributed by atoms with Gasteiger partial charge in [-0.2, -0.15) is 0 Å². The average molecular weight is 256 g/mol. The Labute approximate surface area is 105 Å². The van der Waals surface area contributed by atoms with Gasteiger partial charge in [-0.1, -0.05) is 30.3 Å². The first-order valence-electron chi connectivity index (χ1n) is 5.40. The van der Waals surface area contributed by atoms with E-state index in [2.05, 4.69) is 0 Å². The molecule has 0 unspecified atom stereocenters. The molecule has 0 saturated heterocycles. The van der Waals surface area contributed by atoms with Crippen molar-refractivity contribution in [1.29, 1.82) is 0 Å². The average Bonchev–Trinajstić information content (AvgIpc) is 2.34. The van der Waals surface area contributed by atoms with Crippen molar-refractivity contribution in [3.63, 3.8) is 0 Å². The molecule has 1 atom stereocenters. The lowest BCUT2D eigenvalue weighted by Gasteiger charge is -2.11. The first-order chi connectivity index (χ1) is 8.15. The number of alkyl halides is 1. The van der Waals surface area contributed by atoms with Gasteiger partial charge in [-0.25, -0.2) is 0 Å². The number of Topliss-reactive ketones (excluding diaryl/α,β-unsaturated/α-hetero) is 1. The van der Waals surface area contributed by atoms with E-state index in [9.17, 15) is 14.9 Å². The molecule has 0 spiro atoms. The van der Waals surface area contributed by atoms with Crippen LogP contribution in [0, 0.1) is 10.1 Å². The summed E-state index contributed by atoms with van der Waals surface area (Å²) in [4.78, 5) is 22.0. The second-order valence-electron chi connectivity index (χ2n) is 3.74. The predicted molar refractivity (Wildman–Crippen MR) is 66.0 cm³/mol. The zero-order valence-electron chi connectivity index (χ0n) is 9.34. The maximum Gasteiger partial charge on any atom is 0.217 e. The molecule has 4 nitrogen and oxygen atoms in total. The number of rotatable bonds is 7. The molecule has 0 radical (unpaired) electrons. The molecule has 0 fully saturated rings. The highest BCUT2D eigenvalue weighted by Crippen LogP contribution is 2.19. The zero-order chi connectivity index (χ0) is 12.7. The predicted octanol–water partition coefficient (Wildman–Crippen LogP) is 2.64. The molecule has 0 N–H and O–H groups in total. The molecule has 0 bridgehead atoms. The number of carbonyl (C=O) groups is 1. The minimum Gasteiger partial charge on any atom is -0.299 e. The van der Waals surface area contributed by atoms with Crippen LogP contribution in [0.25, 0.3) is 0 Å². The zero-order valence-corrected chi connectivity index (χ0v) is 10.1. The number of hydrogen-bond donors (Lipinski definition) is 0. The van der Waals surface area contributed by atoms with Crippen molar-refractivity contribution in [2.75, 3.05) is 12.4 Å². The van der Waals surface area contributed by atoms with Gasteiger partial charge < -0.3 is 0 Å². The van der Waals surface area contributed by atoms with Gasteiger partial charge in [-0.15, -0.1) is 11.6 Å². The summed E-state index contributed by atoms with van der Waals surface area (Å²) in [6.07, 6.45) is 0.846. The van der Waals surface area contributed by atoms with Gasteiger partial charge >= 0.3 is 0 Å². The van der Waals surface area contributed by atoms with E-state index in [-0.39, 0.29) is 18.7 Å². The molecule has 0 saturated carbocycles. The fourth-order valence-electron chi connectivity index (χ4n) is 1.64. The normalized spacial score (nSPS) is 12.1. The molecule has 0 aliphatic rings. The summed E-state index contributed by atoms with van der Waals surface area (Å²) in [5.74, 6) is -0.380. The van der Waals surface area contributed by atoms with E-state index in [4.69, 9.17) is 11.6 Å². The van der Waals surface area contributed by atoms with E-state index in [1.807, 2.05) is 6.07 Å². The van der Waals surface area contributed by atoms with Crippen LogP contribution in [0.3, 0.4) is 0 Å². The number of benzene rings is 1. The van der Waals surface area contributed by atoms with Gasteiger partial charge in [0.15, 0.2) is 0 Å². The van der Waals surface area contributed by atoms with Crippen LogP contribution in [-0.4, -0.2) is 23.1 Å². The molecule has 0 amide bonds. The summed E-state index contributed by atoms with van der Waals surface area (Å²) in [6.45, 7) is -0.356. The maximum absolute atomic E-state index is 11.9. The quantitative estimate of drug-likeness (QED) is 0.427. The van der Waals surface area contributed by atoms with E-state index in [1.165, 1.54) is 0 Å². The Morgan fingerprint density at radius 3 is 2.53 bits per heavy atom. The van der Waals surface area contributed by atoms with E-state index in [1.54, 1.807) is 24.3 Å². The molecule has 5 heteroatoms. The van der Waals surface area contributed by atoms with E-state index in [0.717, 1.165) is 0 Å². The molecule has 1 rings (SSSR count). The number of nitrogens with zero attached hydrogens (tertiary/aromatic N) is 1. The largest absolute Gasteiger partial charge is 0.299 e. The van der Waals surface area contributed by atoms with Gasteiger partial charge in [0.1, 0.15) is 11.7 Å². The molecule has 0 aliphatic heterocycles. The summed E-state index contributed by atoms with van der Waals surface area (Å²) >= 11 is 5.52. The molecule has 92 valence electrons. The third-order valence-corrected chi connectivity index (χ3v) is 2.75. The fourth-order valence-corrected chi connectivity index (χ4v) is 1.78. The maximum atomic E-state index is 11.9. The highest BCUT2D eigenvalue weighted by atomic mass is 35.5. The summed E-state index contributed by atoms with van der Waals surface area (Å²) < 4.78 is 0. The van der Waals surface area contributed by atoms with Gasteiger partial charge in [0.25, 0.3) is 0 Å². The molecule has 1 aromatic carbocycles. The van der Waals surface area contributed by atoms with Crippen LogP contribution in [0.5, 0.6) is 0 Å². The topological polar surface area (TPSA) is 60.2 Å². The van der Waals surface area contributed by atoms with Crippen molar-refractivity contribution >= 4 is 17.4 Å². The Morgan fingerprint density at radius 2 is 2.00 bits per heavy atom. The summed E-state index contributed by atoms with van der Waals surface area (Å²) in [5.41, 5.74) is 0.698. The van der Waals surface area contributed by atoms with Crippen LogP contribution in [-0.2, 0) is 4.79 Å². The third kappa shape index (κ3) is 4.53. The smallest absolute Gasteiger partial charge is 0.217 e. The van der Waals surface area contributed by atoms with Crippen LogP contribution in [0.2, 0.25) is 0 Å². The number of ketones is 1. The monoisotopic (exact) mass is 255 g/mol. The third-order valence-electron chi connectivity index (χ3n) is 2.48. The Hall–Kier alpha value is -1.42. The van der Waals surface area contributed by atoms with Gasteiger partial charge in [-0.3, -0.25) is 14.9 Å². The minimum absolute atomic E-state index is 0.117. The van der Waals surface area contributed by atoms with Crippen LogP contribution in [0.4, 0.5) is 0 Å². The standard InChI is InChI=1S/C12H14ClNO3/c13-8-4-7-12(15)11(9-14(16)17)10-5-2-1-3-6-10/h1-3,5-6,11H,4,7-9H2/t11-/m0/s1. The van der Waals surface area contributed by atoms with Crippen molar-refractivity contribution in [3.05, 3.63) is 46.0 Å². The highest BCUT2D eigenvalue weighted by Gasteiger charge is 2.24. The molecule has 1 aromatic rings. The van der Waals surface area contributed by atoms with E-state index in [0.29, 0.717) is 17.9 Å². The van der Waals surface area contributed by atoms with Gasteiger partial charge in [-0.05, 0) is 12.0 Å². The van der Waals surface area contributed by atoms with Crippen LogP contribution >= 0.6 is 11.6 Å². The summed E-state index contributed by atoms with van der Waals surface area (Å²) in [6, 6.07) is 8.85. The van der Waals surface area contributed by atoms with Gasteiger partial charge in [0, 0.05) is 17.2 Å². The fraction of sp³-hybridized carbons (Fsp3) is 0.417. The van der Waals surface area contributed by atoms with Crippen molar-refractivity contribution in [1.82, 2.24) is 0 Å². The lowest BCUT2D eigenvalue weighted by molar-refractivity contribution is -0.481. The van der Waals surface area contributed by atoms with E-state index >= 15 is 0 Å². The molecule has 17 heavy (non-hydrogen) atoms. The van der Waals surface area contributed by atoms with E-state index < -0.39 is 10.8 Å². The SMILES string of the molecule is O=C(CCCCl)[C@@H](C[N+](=O)[O-])c1ccccc1. The van der Waals surface area contributed by atoms with Crippen molar-refractivity contribution in [2.45, 2.75) is 18.8 Å². The Bertz CT molecular complexity index is 381. The van der Waals surface area contributed by atoms with Crippen LogP contribution in [0.15, 0.2) is 30.3 Å². The first kappa shape index (κ1) is 13.6. The lowest BCUT2D eigenvalue weighted by atomic mass is 9.92. The van der Waals surface area contributed by atoms with Gasteiger partial charge in [0.05, 0.1) is 0 Å². The van der Waals surface area contributed by atoms with Crippen LogP contribution in [0.1, 0.15) is 24.3 Å². The Balaban J connectivity index is 2.80. The lowest BCUT2D eigenvalue weighted by Crippen LogP contribution is -2.21. The van der Waals surface area contributed by atoms with Crippen molar-refractivity contribution < 1.29 is 9.72 Å². The number of halogens is 1. The van der Waals surface area contributed by atoms with Crippen molar-refractivity contribution in [3.8, 4) is 0 Å². The van der Waals surface area contributed by atoms with Crippen molar-refractivity contribution in [2.24, 2.45) is 0 Å². The van der Waals surface area contributed by atoms with Crippen LogP contribution < -0.4 is 0 Å². The first-order valence-corrected chi connectivity index (χ1v) is 5.94. The number of nitro groups is 1. The highest BCUT2D eigenvalue weighted by molar-refractivity contribution is 6.17. The molecule has 0 heterocycles. The van der Waals surface area contributed by atoms with Gasteiger partial charge in [0.2, 0.25) is 6.54 Å². The minimum atomic E-state index is -0.658. The number of carbonyl (C=O) groups excluding carboxylic acids is 1. The second-order valence-corrected chi connectivity index (χ2v) is 4.12. The molecular formula is C12H14ClNO3. The number of hydrogen-bond acceptors (Lipinski definition) is 3. The Morgan fingerprint density at radius 1 is 1.35 bits per heavy atom. The molecular weight excluding hydrogens is 242 g/mol. The molecule has 0 aliphatic carbocycles. The summed E-state index contributed by atoms with van der Waals surface area (Å²) in [5, 5.41) is 10.6. The second kappa shape index (κ2) is 7.01.